The number of methoxy groups -OCH3 is 1. The largest absolute Gasteiger partial charge is 0.383 e. The summed E-state index contributed by atoms with van der Waals surface area (Å²) in [6.45, 7) is 2.19. The number of likely N-dealkylation sites (tertiary alicyclic amines) is 1. The monoisotopic (exact) mass is 283 g/mol. The third-order valence-corrected chi connectivity index (χ3v) is 4.20. The minimum Gasteiger partial charge on any atom is -0.383 e. The fourth-order valence-corrected chi connectivity index (χ4v) is 3.11. The van der Waals surface area contributed by atoms with Gasteiger partial charge in [-0.2, -0.15) is 0 Å². The number of hydrogen-bond donors (Lipinski definition) is 0. The van der Waals surface area contributed by atoms with E-state index in [9.17, 15) is 4.79 Å². The first kappa shape index (κ1) is 14.1. The molecule has 21 heavy (non-hydrogen) atoms. The van der Waals surface area contributed by atoms with Gasteiger partial charge in [0.25, 0.3) is 0 Å². The van der Waals surface area contributed by atoms with Crippen LogP contribution in [0, 0.1) is 5.92 Å². The molecule has 0 radical (unpaired) electrons. The molecule has 0 aromatic heterocycles. The molecule has 1 amide bonds. The molecule has 1 fully saturated rings. The number of fused-ring (bicyclic) bond motifs is 1. The van der Waals surface area contributed by atoms with E-state index in [0.29, 0.717) is 25.5 Å². The SMILES string of the molecule is COCCN1C[C@H](Cc2ccc3ccccc3c2)CC1=O. The van der Waals surface area contributed by atoms with E-state index in [1.54, 1.807) is 7.11 Å². The zero-order valence-electron chi connectivity index (χ0n) is 12.4. The molecule has 110 valence electrons. The Morgan fingerprint density at radius 1 is 1.19 bits per heavy atom. The van der Waals surface area contributed by atoms with Crippen LogP contribution in [0.1, 0.15) is 12.0 Å². The van der Waals surface area contributed by atoms with Gasteiger partial charge in [0.2, 0.25) is 5.91 Å². The third kappa shape index (κ3) is 3.24. The molecule has 1 atom stereocenters. The maximum absolute atomic E-state index is 12.0. The molecule has 1 aliphatic rings. The molecule has 0 aliphatic carbocycles. The maximum Gasteiger partial charge on any atom is 0.223 e. The predicted octanol–water partition coefficient (Wildman–Crippen LogP) is 2.88. The van der Waals surface area contributed by atoms with Crippen molar-refractivity contribution in [2.75, 3.05) is 26.8 Å². The molecule has 1 saturated heterocycles. The lowest BCUT2D eigenvalue weighted by molar-refractivity contribution is -0.128. The summed E-state index contributed by atoms with van der Waals surface area (Å²) < 4.78 is 5.06. The zero-order chi connectivity index (χ0) is 14.7. The van der Waals surface area contributed by atoms with Gasteiger partial charge in [-0.1, -0.05) is 42.5 Å². The van der Waals surface area contributed by atoms with E-state index in [1.165, 1.54) is 16.3 Å². The summed E-state index contributed by atoms with van der Waals surface area (Å²) in [7, 11) is 1.67. The number of hydrogen-bond acceptors (Lipinski definition) is 2. The van der Waals surface area contributed by atoms with Crippen LogP contribution in [-0.4, -0.2) is 37.6 Å². The Hall–Kier alpha value is -1.87. The topological polar surface area (TPSA) is 29.5 Å². The van der Waals surface area contributed by atoms with E-state index < -0.39 is 0 Å². The maximum atomic E-state index is 12.0. The lowest BCUT2D eigenvalue weighted by Gasteiger charge is -2.16. The Balaban J connectivity index is 1.67. The first-order chi connectivity index (χ1) is 10.3. The normalized spacial score (nSPS) is 18.6. The Labute approximate surface area is 125 Å². The second-order valence-electron chi connectivity index (χ2n) is 5.79. The fourth-order valence-electron chi connectivity index (χ4n) is 3.11. The van der Waals surface area contributed by atoms with Crippen LogP contribution in [0.2, 0.25) is 0 Å². The number of rotatable bonds is 5. The molecule has 2 aromatic carbocycles. The molecule has 0 bridgehead atoms. The van der Waals surface area contributed by atoms with Crippen LogP contribution >= 0.6 is 0 Å². The first-order valence-corrected chi connectivity index (χ1v) is 7.50. The van der Waals surface area contributed by atoms with Gasteiger partial charge in [-0.25, -0.2) is 0 Å². The summed E-state index contributed by atoms with van der Waals surface area (Å²) in [5.41, 5.74) is 1.32. The minimum atomic E-state index is 0.262. The van der Waals surface area contributed by atoms with Gasteiger partial charge in [-0.3, -0.25) is 4.79 Å². The van der Waals surface area contributed by atoms with Crippen molar-refractivity contribution in [2.45, 2.75) is 12.8 Å². The summed E-state index contributed by atoms with van der Waals surface area (Å²) in [6, 6.07) is 15.0. The Kier molecular flexibility index (Phi) is 4.20. The average molecular weight is 283 g/mol. The van der Waals surface area contributed by atoms with Crippen molar-refractivity contribution in [1.82, 2.24) is 4.90 Å². The molecule has 1 aliphatic heterocycles. The van der Waals surface area contributed by atoms with Crippen molar-refractivity contribution in [3.63, 3.8) is 0 Å². The van der Waals surface area contributed by atoms with Gasteiger partial charge in [-0.15, -0.1) is 0 Å². The van der Waals surface area contributed by atoms with Crippen molar-refractivity contribution in [1.29, 1.82) is 0 Å². The molecule has 3 nitrogen and oxygen atoms in total. The molecule has 0 N–H and O–H groups in total. The molecule has 0 spiro atoms. The number of carbonyl (C=O) groups is 1. The van der Waals surface area contributed by atoms with Gasteiger partial charge in [0.15, 0.2) is 0 Å². The number of benzene rings is 2. The van der Waals surface area contributed by atoms with Crippen LogP contribution in [0.15, 0.2) is 42.5 Å². The van der Waals surface area contributed by atoms with Crippen molar-refractivity contribution in [2.24, 2.45) is 5.92 Å². The van der Waals surface area contributed by atoms with Gasteiger partial charge < -0.3 is 9.64 Å². The zero-order valence-corrected chi connectivity index (χ0v) is 12.4. The van der Waals surface area contributed by atoms with E-state index in [4.69, 9.17) is 4.74 Å². The molecular weight excluding hydrogens is 262 g/mol. The highest BCUT2D eigenvalue weighted by molar-refractivity contribution is 5.83. The minimum absolute atomic E-state index is 0.262. The molecule has 3 heteroatoms. The third-order valence-electron chi connectivity index (χ3n) is 4.20. The summed E-state index contributed by atoms with van der Waals surface area (Å²) in [6.07, 6.45) is 1.64. The number of amides is 1. The van der Waals surface area contributed by atoms with Gasteiger partial charge in [0.05, 0.1) is 6.61 Å². The standard InChI is InChI=1S/C18H21NO2/c1-21-9-8-19-13-15(12-18(19)20)10-14-6-7-16-4-2-3-5-17(16)11-14/h2-7,11,15H,8-10,12-13H2,1H3/t15-/m1/s1. The van der Waals surface area contributed by atoms with E-state index in [1.807, 2.05) is 4.90 Å². The second-order valence-corrected chi connectivity index (χ2v) is 5.79. The van der Waals surface area contributed by atoms with Crippen LogP contribution in [0.4, 0.5) is 0 Å². The van der Waals surface area contributed by atoms with Gasteiger partial charge in [0.1, 0.15) is 0 Å². The van der Waals surface area contributed by atoms with Crippen LogP contribution < -0.4 is 0 Å². The van der Waals surface area contributed by atoms with E-state index in [-0.39, 0.29) is 5.91 Å². The van der Waals surface area contributed by atoms with Crippen molar-refractivity contribution < 1.29 is 9.53 Å². The van der Waals surface area contributed by atoms with Gasteiger partial charge >= 0.3 is 0 Å². The number of carbonyl (C=O) groups excluding carboxylic acids is 1. The van der Waals surface area contributed by atoms with Crippen LogP contribution in [0.3, 0.4) is 0 Å². The highest BCUT2D eigenvalue weighted by atomic mass is 16.5. The Morgan fingerprint density at radius 3 is 2.81 bits per heavy atom. The Bertz CT molecular complexity index is 638. The second kappa shape index (κ2) is 6.27. The summed E-state index contributed by atoms with van der Waals surface area (Å²) in [4.78, 5) is 13.9. The number of ether oxygens (including phenoxy) is 1. The van der Waals surface area contributed by atoms with Crippen molar-refractivity contribution in [3.8, 4) is 0 Å². The smallest absolute Gasteiger partial charge is 0.223 e. The molecule has 2 aromatic rings. The quantitative estimate of drug-likeness (QED) is 0.844. The summed E-state index contributed by atoms with van der Waals surface area (Å²) in [5, 5.41) is 2.54. The molecular formula is C18H21NO2. The van der Waals surface area contributed by atoms with Gasteiger partial charge in [0, 0.05) is 26.6 Å². The summed E-state index contributed by atoms with van der Waals surface area (Å²) >= 11 is 0. The predicted molar refractivity (Wildman–Crippen MR) is 84.2 cm³/mol. The van der Waals surface area contributed by atoms with E-state index in [0.717, 1.165) is 13.0 Å². The first-order valence-electron chi connectivity index (χ1n) is 7.50. The molecule has 3 rings (SSSR count). The van der Waals surface area contributed by atoms with Gasteiger partial charge in [-0.05, 0) is 28.7 Å². The molecule has 0 unspecified atom stereocenters. The Morgan fingerprint density at radius 2 is 2.00 bits per heavy atom. The number of nitrogens with zero attached hydrogens (tertiary/aromatic N) is 1. The van der Waals surface area contributed by atoms with Crippen molar-refractivity contribution in [3.05, 3.63) is 48.0 Å². The molecule has 1 heterocycles. The average Bonchev–Trinajstić information content (AvgIpc) is 2.84. The lowest BCUT2D eigenvalue weighted by Crippen LogP contribution is -2.28. The summed E-state index contributed by atoms with van der Waals surface area (Å²) in [5.74, 6) is 0.688. The highest BCUT2D eigenvalue weighted by Crippen LogP contribution is 2.24. The highest BCUT2D eigenvalue weighted by Gasteiger charge is 2.29. The van der Waals surface area contributed by atoms with Crippen LogP contribution in [0.5, 0.6) is 0 Å². The van der Waals surface area contributed by atoms with E-state index in [2.05, 4.69) is 42.5 Å². The lowest BCUT2D eigenvalue weighted by atomic mass is 9.96. The molecule has 0 saturated carbocycles. The van der Waals surface area contributed by atoms with Crippen LogP contribution in [-0.2, 0) is 16.0 Å². The van der Waals surface area contributed by atoms with Crippen molar-refractivity contribution >= 4 is 16.7 Å². The fraction of sp³-hybridized carbons (Fsp3) is 0.389. The van der Waals surface area contributed by atoms with E-state index >= 15 is 0 Å². The van der Waals surface area contributed by atoms with Crippen LogP contribution in [0.25, 0.3) is 10.8 Å².